The van der Waals surface area contributed by atoms with Crippen molar-refractivity contribution in [2.75, 3.05) is 0 Å². The van der Waals surface area contributed by atoms with Crippen LogP contribution in [0, 0.1) is 5.82 Å². The van der Waals surface area contributed by atoms with Crippen LogP contribution in [0.2, 0.25) is 15.1 Å². The Morgan fingerprint density at radius 1 is 1.04 bits per heavy atom. The maximum absolute atomic E-state index is 12.9. The molecule has 0 N–H and O–H groups in total. The Hall–Kier alpha value is -2.27. The molecule has 2 aromatic carbocycles. The van der Waals surface area contributed by atoms with Crippen molar-refractivity contribution < 1.29 is 18.3 Å². The average molecular weight is 426 g/mol. The highest BCUT2D eigenvalue weighted by Crippen LogP contribution is 2.36. The third kappa shape index (κ3) is 5.13. The van der Waals surface area contributed by atoms with Gasteiger partial charge in [-0.2, -0.15) is 0 Å². The van der Waals surface area contributed by atoms with Gasteiger partial charge in [0, 0.05) is 10.6 Å². The molecule has 0 aliphatic rings. The predicted octanol–water partition coefficient (Wildman–Crippen LogP) is 6.85. The van der Waals surface area contributed by atoms with Crippen molar-refractivity contribution in [3.8, 4) is 5.75 Å². The number of hydrogen-bond donors (Lipinski definition) is 0. The minimum Gasteiger partial charge on any atom is -0.483 e. The number of carbonyl (C=O) groups is 1. The quantitative estimate of drug-likeness (QED) is 0.320. The Morgan fingerprint density at radius 3 is 2.37 bits per heavy atom. The van der Waals surface area contributed by atoms with Crippen molar-refractivity contribution in [2.24, 2.45) is 0 Å². The van der Waals surface area contributed by atoms with Gasteiger partial charge in [0.2, 0.25) is 0 Å². The molecule has 1 heterocycles. The summed E-state index contributed by atoms with van der Waals surface area (Å²) in [5.41, 5.74) is 0.384. The molecule has 0 bridgehead atoms. The van der Waals surface area contributed by atoms with Gasteiger partial charge < -0.3 is 9.15 Å². The summed E-state index contributed by atoms with van der Waals surface area (Å²) < 4.78 is 24.1. The number of allylic oxidation sites excluding steroid dienone is 1. The summed E-state index contributed by atoms with van der Waals surface area (Å²) in [6.07, 6.45) is 2.88. The fourth-order valence-electron chi connectivity index (χ4n) is 2.24. The van der Waals surface area contributed by atoms with E-state index in [2.05, 4.69) is 0 Å². The number of rotatable bonds is 6. The lowest BCUT2D eigenvalue weighted by atomic mass is 10.1. The lowest BCUT2D eigenvalue weighted by Gasteiger charge is -2.08. The Bertz CT molecular complexity index is 971. The molecular weight excluding hydrogens is 414 g/mol. The van der Waals surface area contributed by atoms with E-state index >= 15 is 0 Å². The highest BCUT2D eigenvalue weighted by molar-refractivity contribution is 6.40. The van der Waals surface area contributed by atoms with Gasteiger partial charge in [-0.25, -0.2) is 4.39 Å². The Balaban J connectivity index is 1.63. The molecule has 0 saturated carbocycles. The second-order valence-electron chi connectivity index (χ2n) is 5.50. The van der Waals surface area contributed by atoms with Gasteiger partial charge in [-0.15, -0.1) is 0 Å². The second kappa shape index (κ2) is 8.61. The minimum atomic E-state index is -0.396. The lowest BCUT2D eigenvalue weighted by Crippen LogP contribution is -1.95. The Labute approximate surface area is 169 Å². The fraction of sp³-hybridized carbons (Fsp3) is 0.0500. The molecule has 0 atom stereocenters. The van der Waals surface area contributed by atoms with Crippen LogP contribution in [-0.4, -0.2) is 5.78 Å². The summed E-state index contributed by atoms with van der Waals surface area (Å²) in [6.45, 7) is 0.0980. The summed E-state index contributed by atoms with van der Waals surface area (Å²) in [6, 6.07) is 11.8. The molecule has 0 fully saturated rings. The van der Waals surface area contributed by atoms with Crippen LogP contribution in [0.3, 0.4) is 0 Å². The molecule has 0 aliphatic carbocycles. The summed E-state index contributed by atoms with van der Waals surface area (Å²) in [7, 11) is 0. The molecule has 0 saturated heterocycles. The van der Waals surface area contributed by atoms with Crippen LogP contribution in [0.4, 0.5) is 4.39 Å². The molecule has 3 aromatic rings. The van der Waals surface area contributed by atoms with E-state index in [0.717, 1.165) is 0 Å². The van der Waals surface area contributed by atoms with Crippen molar-refractivity contribution >= 4 is 46.7 Å². The smallest absolute Gasteiger partial charge is 0.185 e. The second-order valence-corrected chi connectivity index (χ2v) is 6.75. The predicted molar refractivity (Wildman–Crippen MR) is 104 cm³/mol. The topological polar surface area (TPSA) is 39.4 Å². The number of ether oxygens (including phenoxy) is 1. The van der Waals surface area contributed by atoms with Crippen LogP contribution < -0.4 is 4.74 Å². The van der Waals surface area contributed by atoms with Crippen LogP contribution in [0.15, 0.2) is 59.0 Å². The summed E-state index contributed by atoms with van der Waals surface area (Å²) in [5, 5.41) is 1.00. The highest BCUT2D eigenvalue weighted by Gasteiger charge is 2.11. The molecule has 7 heteroatoms. The SMILES string of the molecule is O=C(/C=C/c1ccc(COc2c(Cl)cc(Cl)cc2Cl)o1)c1ccc(F)cc1. The molecule has 0 aliphatic heterocycles. The van der Waals surface area contributed by atoms with E-state index in [-0.39, 0.29) is 12.4 Å². The highest BCUT2D eigenvalue weighted by atomic mass is 35.5. The van der Waals surface area contributed by atoms with Crippen LogP contribution in [0.1, 0.15) is 21.9 Å². The van der Waals surface area contributed by atoms with Crippen LogP contribution in [-0.2, 0) is 6.61 Å². The van der Waals surface area contributed by atoms with E-state index in [1.807, 2.05) is 0 Å². The summed E-state index contributed by atoms with van der Waals surface area (Å²) in [5.74, 6) is 0.641. The number of furan rings is 1. The molecule has 27 heavy (non-hydrogen) atoms. The molecule has 0 unspecified atom stereocenters. The maximum Gasteiger partial charge on any atom is 0.185 e. The number of halogens is 4. The van der Waals surface area contributed by atoms with Gasteiger partial charge >= 0.3 is 0 Å². The van der Waals surface area contributed by atoms with Crippen molar-refractivity contribution in [1.29, 1.82) is 0 Å². The number of carbonyl (C=O) groups excluding carboxylic acids is 1. The third-order valence-electron chi connectivity index (χ3n) is 3.53. The van der Waals surface area contributed by atoms with E-state index in [1.54, 1.807) is 12.1 Å². The Kier molecular flexibility index (Phi) is 6.22. The van der Waals surface area contributed by atoms with Gasteiger partial charge in [-0.05, 0) is 60.7 Å². The number of benzene rings is 2. The summed E-state index contributed by atoms with van der Waals surface area (Å²) >= 11 is 18.0. The van der Waals surface area contributed by atoms with E-state index in [0.29, 0.717) is 37.9 Å². The first-order valence-corrected chi connectivity index (χ1v) is 8.90. The van der Waals surface area contributed by atoms with Gasteiger partial charge in [0.05, 0.1) is 10.0 Å². The zero-order chi connectivity index (χ0) is 19.4. The van der Waals surface area contributed by atoms with Crippen molar-refractivity contribution in [1.82, 2.24) is 0 Å². The van der Waals surface area contributed by atoms with E-state index in [9.17, 15) is 9.18 Å². The van der Waals surface area contributed by atoms with Crippen molar-refractivity contribution in [2.45, 2.75) is 6.61 Å². The molecule has 0 radical (unpaired) electrons. The van der Waals surface area contributed by atoms with Crippen LogP contribution >= 0.6 is 34.8 Å². The zero-order valence-electron chi connectivity index (χ0n) is 13.7. The molecule has 138 valence electrons. The lowest BCUT2D eigenvalue weighted by molar-refractivity contribution is 0.104. The number of ketones is 1. The van der Waals surface area contributed by atoms with E-state index in [4.69, 9.17) is 44.0 Å². The van der Waals surface area contributed by atoms with Crippen LogP contribution in [0.25, 0.3) is 6.08 Å². The zero-order valence-corrected chi connectivity index (χ0v) is 16.0. The maximum atomic E-state index is 12.9. The van der Waals surface area contributed by atoms with Crippen molar-refractivity contribution in [3.63, 3.8) is 0 Å². The van der Waals surface area contributed by atoms with Crippen molar-refractivity contribution in [3.05, 3.63) is 92.6 Å². The van der Waals surface area contributed by atoms with Gasteiger partial charge in [0.25, 0.3) is 0 Å². The molecule has 3 nitrogen and oxygen atoms in total. The summed E-state index contributed by atoms with van der Waals surface area (Å²) in [4.78, 5) is 12.0. The van der Waals surface area contributed by atoms with Gasteiger partial charge in [0.15, 0.2) is 11.5 Å². The van der Waals surface area contributed by atoms with Gasteiger partial charge in [-0.3, -0.25) is 4.79 Å². The minimum absolute atomic E-state index is 0.0980. The number of hydrogen-bond acceptors (Lipinski definition) is 3. The molecule has 0 spiro atoms. The fourth-order valence-corrected chi connectivity index (χ4v) is 3.17. The molecular formula is C20H12Cl3FO3. The first-order valence-electron chi connectivity index (χ1n) is 7.76. The molecule has 0 amide bonds. The first kappa shape index (κ1) is 19.5. The van der Waals surface area contributed by atoms with Crippen LogP contribution in [0.5, 0.6) is 5.75 Å². The standard InChI is InChI=1S/C20H12Cl3FO3/c21-13-9-17(22)20(18(23)10-13)26-11-16-6-5-15(27-16)7-8-19(25)12-1-3-14(24)4-2-12/h1-10H,11H2/b8-7+. The largest absolute Gasteiger partial charge is 0.483 e. The van der Waals surface area contributed by atoms with E-state index < -0.39 is 5.82 Å². The van der Waals surface area contributed by atoms with E-state index in [1.165, 1.54) is 48.6 Å². The Morgan fingerprint density at radius 2 is 1.70 bits per heavy atom. The first-order chi connectivity index (χ1) is 12.9. The normalized spacial score (nSPS) is 11.1. The monoisotopic (exact) mass is 424 g/mol. The van der Waals surface area contributed by atoms with Gasteiger partial charge in [0.1, 0.15) is 23.9 Å². The molecule has 3 rings (SSSR count). The molecule has 1 aromatic heterocycles. The third-order valence-corrected chi connectivity index (χ3v) is 4.31. The average Bonchev–Trinajstić information content (AvgIpc) is 3.07. The van der Waals surface area contributed by atoms with Gasteiger partial charge in [-0.1, -0.05) is 34.8 Å².